The number of thiazole rings is 1. The van der Waals surface area contributed by atoms with Crippen molar-refractivity contribution in [2.24, 2.45) is 11.8 Å². The van der Waals surface area contributed by atoms with Crippen molar-refractivity contribution in [3.05, 3.63) is 16.1 Å². The fourth-order valence-electron chi connectivity index (χ4n) is 2.56. The SMILES string of the molecule is CC(C)CNCc1nc(COC2CCC(C)CC2)cs1. The largest absolute Gasteiger partial charge is 0.372 e. The summed E-state index contributed by atoms with van der Waals surface area (Å²) in [7, 11) is 0. The predicted octanol–water partition coefficient (Wildman–Crippen LogP) is 3.98. The van der Waals surface area contributed by atoms with Gasteiger partial charge in [-0.15, -0.1) is 11.3 Å². The number of rotatable bonds is 7. The lowest BCUT2D eigenvalue weighted by molar-refractivity contribution is 0.00744. The normalized spacial score (nSPS) is 23.4. The molecule has 0 unspecified atom stereocenters. The Labute approximate surface area is 127 Å². The molecule has 0 atom stereocenters. The second kappa shape index (κ2) is 8.11. The van der Waals surface area contributed by atoms with Crippen LogP contribution in [0.1, 0.15) is 57.2 Å². The minimum atomic E-state index is 0.454. The van der Waals surface area contributed by atoms with Crippen LogP contribution in [0.15, 0.2) is 5.38 Å². The van der Waals surface area contributed by atoms with Crippen LogP contribution in [0, 0.1) is 11.8 Å². The minimum Gasteiger partial charge on any atom is -0.372 e. The van der Waals surface area contributed by atoms with Crippen molar-refractivity contribution in [1.82, 2.24) is 10.3 Å². The Kier molecular flexibility index (Phi) is 6.46. The summed E-state index contributed by atoms with van der Waals surface area (Å²) in [5, 5.41) is 6.74. The molecule has 1 aromatic rings. The van der Waals surface area contributed by atoms with Crippen LogP contribution >= 0.6 is 11.3 Å². The van der Waals surface area contributed by atoms with Crippen LogP contribution in [0.3, 0.4) is 0 Å². The molecule has 1 N–H and O–H groups in total. The topological polar surface area (TPSA) is 34.2 Å². The molecule has 0 saturated heterocycles. The number of nitrogens with one attached hydrogen (secondary N) is 1. The Bertz CT molecular complexity index is 384. The van der Waals surface area contributed by atoms with Gasteiger partial charge in [0.25, 0.3) is 0 Å². The summed E-state index contributed by atoms with van der Waals surface area (Å²) in [5.41, 5.74) is 1.09. The van der Waals surface area contributed by atoms with Crippen molar-refractivity contribution < 1.29 is 4.74 Å². The Morgan fingerprint density at radius 3 is 2.80 bits per heavy atom. The molecule has 1 fully saturated rings. The van der Waals surface area contributed by atoms with Crippen LogP contribution in [0.5, 0.6) is 0 Å². The Balaban J connectivity index is 1.67. The maximum atomic E-state index is 6.00. The zero-order chi connectivity index (χ0) is 14.4. The van der Waals surface area contributed by atoms with Gasteiger partial charge in [-0.1, -0.05) is 20.8 Å². The Morgan fingerprint density at radius 2 is 2.10 bits per heavy atom. The molecule has 0 amide bonds. The van der Waals surface area contributed by atoms with Crippen molar-refractivity contribution in [1.29, 1.82) is 0 Å². The van der Waals surface area contributed by atoms with Gasteiger partial charge in [0, 0.05) is 11.9 Å². The van der Waals surface area contributed by atoms with Crippen LogP contribution in [-0.4, -0.2) is 17.6 Å². The van der Waals surface area contributed by atoms with Gasteiger partial charge < -0.3 is 10.1 Å². The first-order valence-corrected chi connectivity index (χ1v) is 8.77. The molecule has 0 spiro atoms. The molecule has 1 heterocycles. The Hall–Kier alpha value is -0.450. The first-order valence-electron chi connectivity index (χ1n) is 7.89. The van der Waals surface area contributed by atoms with E-state index in [1.54, 1.807) is 11.3 Å². The first-order chi connectivity index (χ1) is 9.63. The summed E-state index contributed by atoms with van der Waals surface area (Å²) in [4.78, 5) is 4.64. The van der Waals surface area contributed by atoms with Crippen LogP contribution in [0.25, 0.3) is 0 Å². The van der Waals surface area contributed by atoms with E-state index < -0.39 is 0 Å². The average Bonchev–Trinajstić information content (AvgIpc) is 2.86. The van der Waals surface area contributed by atoms with Gasteiger partial charge >= 0.3 is 0 Å². The average molecular weight is 296 g/mol. The van der Waals surface area contributed by atoms with Crippen molar-refractivity contribution in [3.63, 3.8) is 0 Å². The van der Waals surface area contributed by atoms with E-state index in [0.29, 0.717) is 18.6 Å². The summed E-state index contributed by atoms with van der Waals surface area (Å²) in [6, 6.07) is 0. The van der Waals surface area contributed by atoms with Gasteiger partial charge in [-0.25, -0.2) is 4.98 Å². The van der Waals surface area contributed by atoms with Gasteiger partial charge in [0.2, 0.25) is 0 Å². The molecular formula is C16H28N2OS. The lowest BCUT2D eigenvalue weighted by Crippen LogP contribution is -2.20. The maximum Gasteiger partial charge on any atom is 0.107 e. The molecule has 114 valence electrons. The van der Waals surface area contributed by atoms with Crippen molar-refractivity contribution in [3.8, 4) is 0 Å². The second-order valence-corrected chi connectivity index (χ2v) is 7.39. The third kappa shape index (κ3) is 5.51. The molecule has 0 aromatic carbocycles. The van der Waals surface area contributed by atoms with E-state index in [9.17, 15) is 0 Å². The number of ether oxygens (including phenoxy) is 1. The van der Waals surface area contributed by atoms with Crippen LogP contribution in [0.2, 0.25) is 0 Å². The van der Waals surface area contributed by atoms with Crippen LogP contribution in [-0.2, 0) is 17.9 Å². The van der Waals surface area contributed by atoms with E-state index in [4.69, 9.17) is 4.74 Å². The lowest BCUT2D eigenvalue weighted by Gasteiger charge is -2.25. The summed E-state index contributed by atoms with van der Waals surface area (Å²) in [5.74, 6) is 1.57. The quantitative estimate of drug-likeness (QED) is 0.826. The molecule has 2 rings (SSSR count). The number of aromatic nitrogens is 1. The highest BCUT2D eigenvalue weighted by molar-refractivity contribution is 7.09. The molecule has 4 heteroatoms. The van der Waals surface area contributed by atoms with Crippen molar-refractivity contribution in [2.45, 2.75) is 65.7 Å². The molecular weight excluding hydrogens is 268 g/mol. The highest BCUT2D eigenvalue weighted by atomic mass is 32.1. The van der Waals surface area contributed by atoms with Gasteiger partial charge in [-0.3, -0.25) is 0 Å². The molecule has 20 heavy (non-hydrogen) atoms. The Morgan fingerprint density at radius 1 is 1.35 bits per heavy atom. The highest BCUT2D eigenvalue weighted by Crippen LogP contribution is 2.26. The second-order valence-electron chi connectivity index (χ2n) is 6.45. The van der Waals surface area contributed by atoms with Gasteiger partial charge in [0.1, 0.15) is 5.01 Å². The van der Waals surface area contributed by atoms with Gasteiger partial charge in [-0.2, -0.15) is 0 Å². The number of hydrogen-bond donors (Lipinski definition) is 1. The number of nitrogens with zero attached hydrogens (tertiary/aromatic N) is 1. The molecule has 0 bridgehead atoms. The van der Waals surface area contributed by atoms with Crippen molar-refractivity contribution in [2.75, 3.05) is 6.54 Å². The fourth-order valence-corrected chi connectivity index (χ4v) is 3.31. The van der Waals surface area contributed by atoms with Crippen LogP contribution in [0.4, 0.5) is 0 Å². The first kappa shape index (κ1) is 15.9. The highest BCUT2D eigenvalue weighted by Gasteiger charge is 2.18. The number of hydrogen-bond acceptors (Lipinski definition) is 4. The van der Waals surface area contributed by atoms with Crippen LogP contribution < -0.4 is 5.32 Å². The van der Waals surface area contributed by atoms with E-state index >= 15 is 0 Å². The van der Waals surface area contributed by atoms with E-state index in [1.165, 1.54) is 30.7 Å². The summed E-state index contributed by atoms with van der Waals surface area (Å²) in [6.07, 6.45) is 5.51. The standard InChI is InChI=1S/C16H28N2OS/c1-12(2)8-17-9-16-18-14(11-20-16)10-19-15-6-4-13(3)5-7-15/h11-13,15,17H,4-10H2,1-3H3. The van der Waals surface area contributed by atoms with Gasteiger partial charge in [0.15, 0.2) is 0 Å². The summed E-state index contributed by atoms with van der Waals surface area (Å²) in [6.45, 7) is 9.39. The van der Waals surface area contributed by atoms with Gasteiger partial charge in [0.05, 0.1) is 18.4 Å². The van der Waals surface area contributed by atoms with E-state index in [0.717, 1.165) is 24.7 Å². The predicted molar refractivity (Wildman–Crippen MR) is 84.9 cm³/mol. The molecule has 0 radical (unpaired) electrons. The van der Waals surface area contributed by atoms with E-state index in [-0.39, 0.29) is 0 Å². The summed E-state index contributed by atoms with van der Waals surface area (Å²) >= 11 is 1.73. The molecule has 1 aliphatic rings. The molecule has 0 aliphatic heterocycles. The maximum absolute atomic E-state index is 6.00. The zero-order valence-corrected chi connectivity index (χ0v) is 13.8. The molecule has 1 aromatic heterocycles. The van der Waals surface area contributed by atoms with E-state index in [2.05, 4.69) is 36.5 Å². The van der Waals surface area contributed by atoms with E-state index in [1.807, 2.05) is 0 Å². The third-order valence-corrected chi connectivity index (χ3v) is 4.76. The lowest BCUT2D eigenvalue weighted by atomic mass is 9.89. The summed E-state index contributed by atoms with van der Waals surface area (Å²) < 4.78 is 6.00. The van der Waals surface area contributed by atoms with Gasteiger partial charge in [-0.05, 0) is 44.1 Å². The molecule has 3 nitrogen and oxygen atoms in total. The minimum absolute atomic E-state index is 0.454. The fraction of sp³-hybridized carbons (Fsp3) is 0.812. The smallest absolute Gasteiger partial charge is 0.107 e. The third-order valence-electron chi connectivity index (χ3n) is 3.86. The molecule has 1 saturated carbocycles. The zero-order valence-electron chi connectivity index (χ0n) is 13.0. The van der Waals surface area contributed by atoms with Crippen molar-refractivity contribution >= 4 is 11.3 Å². The molecule has 1 aliphatic carbocycles. The monoisotopic (exact) mass is 296 g/mol.